The van der Waals surface area contributed by atoms with Crippen molar-refractivity contribution in [1.29, 1.82) is 0 Å². The zero-order chi connectivity index (χ0) is 41.2. The van der Waals surface area contributed by atoms with Gasteiger partial charge >= 0.3 is 0 Å². The predicted molar refractivity (Wildman–Crippen MR) is 256 cm³/mol. The Hall–Kier alpha value is -8.41. The summed E-state index contributed by atoms with van der Waals surface area (Å²) in [5, 5.41) is 4.66. The number of benzene rings is 9. The van der Waals surface area contributed by atoms with Crippen molar-refractivity contribution in [2.45, 2.75) is 5.41 Å². The quantitative estimate of drug-likeness (QED) is 0.178. The van der Waals surface area contributed by atoms with Gasteiger partial charge in [-0.25, -0.2) is 0 Å². The number of hydrogen-bond donors (Lipinski definition) is 0. The lowest BCUT2D eigenvalue weighted by atomic mass is 9.70. The molecule has 0 N–H and O–H groups in total. The lowest BCUT2D eigenvalue weighted by molar-refractivity contribution is 0.794. The smallest absolute Gasteiger partial charge is 0.240 e. The molecule has 0 atom stereocenters. The number of rotatable bonds is 4. The molecule has 12 aromatic rings. The topological polar surface area (TPSA) is 48.5 Å². The van der Waals surface area contributed by atoms with Gasteiger partial charge in [0.25, 0.3) is 0 Å². The molecule has 2 aliphatic rings. The molecule has 5 nitrogen and oxygen atoms in total. The van der Waals surface area contributed by atoms with Gasteiger partial charge in [-0.05, 0) is 79.9 Å². The predicted octanol–water partition coefficient (Wildman–Crippen LogP) is 13.7. The van der Waals surface area contributed by atoms with E-state index in [1.807, 2.05) is 6.07 Å². The van der Waals surface area contributed by atoms with Gasteiger partial charge in [0.2, 0.25) is 11.9 Å². The molecule has 3 aromatic heterocycles. The van der Waals surface area contributed by atoms with Crippen molar-refractivity contribution in [3.63, 3.8) is 0 Å². The van der Waals surface area contributed by atoms with Crippen LogP contribution in [0, 0.1) is 0 Å². The van der Waals surface area contributed by atoms with Gasteiger partial charge in [-0.1, -0.05) is 188 Å². The lowest BCUT2D eigenvalue weighted by Gasteiger charge is -2.30. The lowest BCUT2D eigenvalue weighted by Crippen LogP contribution is -2.25. The summed E-state index contributed by atoms with van der Waals surface area (Å²) in [6.45, 7) is 0. The molecule has 14 rings (SSSR count). The van der Waals surface area contributed by atoms with Crippen molar-refractivity contribution in [3.05, 3.63) is 235 Å². The first kappa shape index (κ1) is 34.3. The summed E-state index contributed by atoms with van der Waals surface area (Å²) in [4.78, 5) is 16.2. The van der Waals surface area contributed by atoms with Gasteiger partial charge < -0.3 is 0 Å². The van der Waals surface area contributed by atoms with Crippen molar-refractivity contribution in [2.75, 3.05) is 0 Å². The minimum atomic E-state index is -0.452. The van der Waals surface area contributed by atoms with E-state index in [1.54, 1.807) is 0 Å². The van der Waals surface area contributed by atoms with Crippen molar-refractivity contribution in [3.8, 4) is 56.7 Å². The Bertz CT molecular complexity index is 3760. The van der Waals surface area contributed by atoms with E-state index in [4.69, 9.17) is 15.0 Å². The molecule has 292 valence electrons. The van der Waals surface area contributed by atoms with E-state index in [2.05, 4.69) is 215 Å². The zero-order valence-electron chi connectivity index (χ0n) is 33.9. The van der Waals surface area contributed by atoms with Gasteiger partial charge in [0.15, 0.2) is 5.82 Å². The molecule has 3 heterocycles. The highest BCUT2D eigenvalue weighted by atomic mass is 15.3. The fourth-order valence-electron chi connectivity index (χ4n) is 11.1. The monoisotopic (exact) mass is 801 g/mol. The van der Waals surface area contributed by atoms with Crippen LogP contribution in [0.2, 0.25) is 0 Å². The SMILES string of the molecule is c1ccc(-c2ccc(-c3nc(-n4c5ccccc5c5ccccc54)nc(-n4c5ccccc5c5c6c(ccc54)C4(c5ccccc5-c5ccccc54)c4ccccc4-6)n3)cc2)cc1. The highest BCUT2D eigenvalue weighted by Gasteiger charge is 2.52. The van der Waals surface area contributed by atoms with E-state index in [9.17, 15) is 0 Å². The van der Waals surface area contributed by atoms with Crippen LogP contribution in [0.15, 0.2) is 212 Å². The highest BCUT2D eigenvalue weighted by molar-refractivity contribution is 6.19. The fourth-order valence-corrected chi connectivity index (χ4v) is 11.1. The maximum absolute atomic E-state index is 5.48. The normalized spacial score (nSPS) is 13.2. The van der Waals surface area contributed by atoms with Crippen molar-refractivity contribution >= 4 is 43.6 Å². The second-order valence-electron chi connectivity index (χ2n) is 16.7. The first-order chi connectivity index (χ1) is 31.3. The number of nitrogens with zero attached hydrogens (tertiary/aromatic N) is 5. The molecule has 0 radical (unpaired) electrons. The average molecular weight is 802 g/mol. The molecule has 0 bridgehead atoms. The second kappa shape index (κ2) is 12.8. The Balaban J connectivity index is 1.07. The molecule has 0 aliphatic heterocycles. The summed E-state index contributed by atoms with van der Waals surface area (Å²) in [5.41, 5.74) is 17.3. The van der Waals surface area contributed by atoms with Crippen LogP contribution in [0.3, 0.4) is 0 Å². The van der Waals surface area contributed by atoms with Crippen LogP contribution in [0.5, 0.6) is 0 Å². The van der Waals surface area contributed by atoms with Crippen LogP contribution in [-0.2, 0) is 5.41 Å². The maximum Gasteiger partial charge on any atom is 0.240 e. The Morgan fingerprint density at radius 3 is 1.37 bits per heavy atom. The van der Waals surface area contributed by atoms with Crippen LogP contribution in [-0.4, -0.2) is 24.1 Å². The maximum atomic E-state index is 5.48. The summed E-state index contributed by atoms with van der Waals surface area (Å²) in [6.07, 6.45) is 0. The Labute approximate surface area is 362 Å². The molecule has 0 fully saturated rings. The summed E-state index contributed by atoms with van der Waals surface area (Å²) in [7, 11) is 0. The molecule has 0 saturated heterocycles. The first-order valence-electron chi connectivity index (χ1n) is 21.5. The van der Waals surface area contributed by atoms with Crippen molar-refractivity contribution in [2.24, 2.45) is 0 Å². The highest BCUT2D eigenvalue weighted by Crippen LogP contribution is 2.64. The number of fused-ring (bicyclic) bond motifs is 17. The van der Waals surface area contributed by atoms with Crippen molar-refractivity contribution < 1.29 is 0 Å². The standard InChI is InChI=1S/C58H35N5/c1-2-16-36(17-3-1)37-30-32-38(33-31-37)55-59-56(62-49-27-13-7-20-41(49)42-21-8-14-28-50(42)62)61-57(60-55)63-51-29-15-9-23-44(51)54-52(63)35-34-48-53(54)43-22-6-12-26-47(43)58(48)45-24-10-4-18-39(45)40-19-5-11-25-46(40)58/h1-35H. The fraction of sp³-hybridized carbons (Fsp3) is 0.0172. The largest absolute Gasteiger partial charge is 0.278 e. The number of hydrogen-bond acceptors (Lipinski definition) is 3. The Morgan fingerprint density at radius 2 is 0.746 bits per heavy atom. The van der Waals surface area contributed by atoms with E-state index in [0.29, 0.717) is 17.7 Å². The number of para-hydroxylation sites is 3. The Morgan fingerprint density at radius 1 is 0.302 bits per heavy atom. The van der Waals surface area contributed by atoms with Gasteiger partial charge in [0, 0.05) is 27.1 Å². The number of aromatic nitrogens is 5. The van der Waals surface area contributed by atoms with E-state index >= 15 is 0 Å². The van der Waals surface area contributed by atoms with Crippen molar-refractivity contribution in [1.82, 2.24) is 24.1 Å². The molecule has 1 spiro atoms. The van der Waals surface area contributed by atoms with E-state index < -0.39 is 5.41 Å². The third-order valence-electron chi connectivity index (χ3n) is 13.6. The molecule has 9 aromatic carbocycles. The van der Waals surface area contributed by atoms with E-state index in [0.717, 1.165) is 54.9 Å². The molecule has 0 amide bonds. The minimum Gasteiger partial charge on any atom is -0.278 e. The van der Waals surface area contributed by atoms with E-state index in [-0.39, 0.29) is 0 Å². The third kappa shape index (κ3) is 4.57. The van der Waals surface area contributed by atoms with Crippen LogP contribution in [0.4, 0.5) is 0 Å². The summed E-state index contributed by atoms with van der Waals surface area (Å²) < 4.78 is 4.45. The van der Waals surface area contributed by atoms with Crippen LogP contribution >= 0.6 is 0 Å². The van der Waals surface area contributed by atoms with Crippen LogP contribution < -0.4 is 0 Å². The van der Waals surface area contributed by atoms with Gasteiger partial charge in [-0.2, -0.15) is 15.0 Å². The molecule has 2 aliphatic carbocycles. The molecule has 5 heteroatoms. The van der Waals surface area contributed by atoms with Gasteiger partial charge in [0.1, 0.15) is 0 Å². The summed E-state index contributed by atoms with van der Waals surface area (Å²) >= 11 is 0. The van der Waals surface area contributed by atoms with Crippen LogP contribution in [0.25, 0.3) is 100 Å². The summed E-state index contributed by atoms with van der Waals surface area (Å²) in [6, 6.07) is 76.5. The van der Waals surface area contributed by atoms with Gasteiger partial charge in [-0.15, -0.1) is 0 Å². The van der Waals surface area contributed by atoms with Crippen LogP contribution in [0.1, 0.15) is 22.3 Å². The zero-order valence-corrected chi connectivity index (χ0v) is 33.9. The first-order valence-corrected chi connectivity index (χ1v) is 21.5. The minimum absolute atomic E-state index is 0.452. The third-order valence-corrected chi connectivity index (χ3v) is 13.6. The summed E-state index contributed by atoms with van der Waals surface area (Å²) in [5.74, 6) is 1.73. The molecular formula is C58H35N5. The second-order valence-corrected chi connectivity index (χ2v) is 16.7. The Kier molecular flexibility index (Phi) is 6.97. The molecule has 0 saturated carbocycles. The van der Waals surface area contributed by atoms with E-state index in [1.165, 1.54) is 49.9 Å². The van der Waals surface area contributed by atoms with Gasteiger partial charge in [0.05, 0.1) is 27.5 Å². The average Bonchev–Trinajstić information content (AvgIpc) is 4.06. The molecule has 63 heavy (non-hydrogen) atoms. The van der Waals surface area contributed by atoms with Gasteiger partial charge in [-0.3, -0.25) is 9.13 Å². The molecule has 0 unspecified atom stereocenters. The molecular weight excluding hydrogens is 767 g/mol.